The summed E-state index contributed by atoms with van der Waals surface area (Å²) in [6, 6.07) is 9.66. The van der Waals surface area contributed by atoms with Crippen LogP contribution in [0.15, 0.2) is 41.0 Å². The van der Waals surface area contributed by atoms with E-state index in [-0.39, 0.29) is 11.9 Å². The zero-order valence-electron chi connectivity index (χ0n) is 11.5. The first-order valence-corrected chi connectivity index (χ1v) is 6.92. The Balaban J connectivity index is 2.00. The van der Waals surface area contributed by atoms with E-state index in [4.69, 9.17) is 10.2 Å². The summed E-state index contributed by atoms with van der Waals surface area (Å²) < 4.78 is 5.36. The van der Waals surface area contributed by atoms with Crippen molar-refractivity contribution < 1.29 is 9.21 Å². The smallest absolute Gasteiger partial charge is 0.261 e. The molecule has 0 spiro atoms. The van der Waals surface area contributed by atoms with Gasteiger partial charge in [-0.25, -0.2) is 0 Å². The van der Waals surface area contributed by atoms with E-state index in [0.717, 1.165) is 23.4 Å². The van der Waals surface area contributed by atoms with Crippen LogP contribution in [0.2, 0.25) is 0 Å². The van der Waals surface area contributed by atoms with Gasteiger partial charge >= 0.3 is 0 Å². The van der Waals surface area contributed by atoms with Crippen molar-refractivity contribution in [3.8, 4) is 0 Å². The summed E-state index contributed by atoms with van der Waals surface area (Å²) in [6.07, 6.45) is 3.09. The number of aryl methyl sites for hydroxylation is 1. The molecule has 0 aliphatic carbocycles. The van der Waals surface area contributed by atoms with E-state index in [9.17, 15) is 4.79 Å². The minimum absolute atomic E-state index is 0.0224. The summed E-state index contributed by atoms with van der Waals surface area (Å²) in [5, 5.41) is 0. The lowest BCUT2D eigenvalue weighted by molar-refractivity contribution is 0.0981. The molecule has 104 valence electrons. The fraction of sp³-hybridized carbons (Fsp3) is 0.312. The molecule has 1 atom stereocenters. The van der Waals surface area contributed by atoms with Gasteiger partial charge in [-0.1, -0.05) is 25.1 Å². The van der Waals surface area contributed by atoms with Gasteiger partial charge in [-0.05, 0) is 24.1 Å². The Hall–Kier alpha value is -2.07. The highest BCUT2D eigenvalue weighted by molar-refractivity contribution is 6.07. The highest BCUT2D eigenvalue weighted by Crippen LogP contribution is 2.28. The van der Waals surface area contributed by atoms with E-state index < -0.39 is 0 Å². The van der Waals surface area contributed by atoms with Crippen molar-refractivity contribution in [3.05, 3.63) is 53.5 Å². The molecule has 1 aromatic heterocycles. The third kappa shape index (κ3) is 2.12. The topological polar surface area (TPSA) is 59.5 Å². The van der Waals surface area contributed by atoms with Crippen LogP contribution >= 0.6 is 0 Å². The monoisotopic (exact) mass is 270 g/mol. The lowest BCUT2D eigenvalue weighted by atomic mass is 9.97. The molecule has 1 aliphatic rings. The van der Waals surface area contributed by atoms with E-state index >= 15 is 0 Å². The van der Waals surface area contributed by atoms with Gasteiger partial charge in [0.25, 0.3) is 5.91 Å². The van der Waals surface area contributed by atoms with Crippen molar-refractivity contribution in [2.24, 2.45) is 5.73 Å². The molecule has 0 saturated carbocycles. The Morgan fingerprint density at radius 3 is 3.00 bits per heavy atom. The minimum atomic E-state index is -0.0294. The lowest BCUT2D eigenvalue weighted by Crippen LogP contribution is -2.46. The molecule has 1 aromatic carbocycles. The highest BCUT2D eigenvalue weighted by atomic mass is 16.3. The number of rotatable bonds is 2. The van der Waals surface area contributed by atoms with Gasteiger partial charge in [0, 0.05) is 24.7 Å². The Labute approximate surface area is 118 Å². The van der Waals surface area contributed by atoms with Crippen LogP contribution in [-0.2, 0) is 12.8 Å². The molecule has 1 amide bonds. The second-order valence-electron chi connectivity index (χ2n) is 5.12. The summed E-state index contributed by atoms with van der Waals surface area (Å²) in [4.78, 5) is 14.5. The zero-order chi connectivity index (χ0) is 14.1. The molecular weight excluding hydrogens is 252 g/mol. The van der Waals surface area contributed by atoms with Crippen LogP contribution in [0.5, 0.6) is 0 Å². The van der Waals surface area contributed by atoms with Crippen LogP contribution in [0, 0.1) is 0 Å². The average molecular weight is 270 g/mol. The van der Waals surface area contributed by atoms with Crippen LogP contribution in [0.4, 0.5) is 5.69 Å². The second kappa shape index (κ2) is 5.13. The first-order chi connectivity index (χ1) is 9.70. The number of carbonyl (C=O) groups is 1. The average Bonchev–Trinajstić information content (AvgIpc) is 2.94. The fourth-order valence-corrected chi connectivity index (χ4v) is 2.77. The molecule has 2 heterocycles. The van der Waals surface area contributed by atoms with Gasteiger partial charge in [-0.15, -0.1) is 0 Å². The quantitative estimate of drug-likeness (QED) is 0.911. The molecule has 4 nitrogen and oxygen atoms in total. The SMILES string of the molecule is CCc1occc1C(=O)N1CC(N)Cc2ccccc21. The summed E-state index contributed by atoms with van der Waals surface area (Å²) in [5.41, 5.74) is 8.81. The summed E-state index contributed by atoms with van der Waals surface area (Å²) in [6.45, 7) is 2.52. The van der Waals surface area contributed by atoms with Gasteiger partial charge in [-0.2, -0.15) is 0 Å². The van der Waals surface area contributed by atoms with Gasteiger partial charge in [0.15, 0.2) is 0 Å². The predicted octanol–water partition coefficient (Wildman–Crippen LogP) is 2.37. The minimum Gasteiger partial charge on any atom is -0.469 e. The van der Waals surface area contributed by atoms with Crippen LogP contribution in [0.25, 0.3) is 0 Å². The number of para-hydroxylation sites is 1. The summed E-state index contributed by atoms with van der Waals surface area (Å²) >= 11 is 0. The van der Waals surface area contributed by atoms with Crippen LogP contribution in [-0.4, -0.2) is 18.5 Å². The highest BCUT2D eigenvalue weighted by Gasteiger charge is 2.28. The van der Waals surface area contributed by atoms with Gasteiger partial charge in [0.2, 0.25) is 0 Å². The number of nitrogens with zero attached hydrogens (tertiary/aromatic N) is 1. The Morgan fingerprint density at radius 1 is 1.40 bits per heavy atom. The number of hydrogen-bond donors (Lipinski definition) is 1. The van der Waals surface area contributed by atoms with Crippen molar-refractivity contribution in [2.45, 2.75) is 25.8 Å². The maximum Gasteiger partial charge on any atom is 0.261 e. The molecule has 1 aliphatic heterocycles. The molecule has 3 rings (SSSR count). The number of anilines is 1. The summed E-state index contributed by atoms with van der Waals surface area (Å²) in [7, 11) is 0. The number of hydrogen-bond acceptors (Lipinski definition) is 3. The molecule has 0 fully saturated rings. The van der Waals surface area contributed by atoms with Crippen molar-refractivity contribution in [3.63, 3.8) is 0 Å². The first-order valence-electron chi connectivity index (χ1n) is 6.92. The molecule has 0 saturated heterocycles. The van der Waals surface area contributed by atoms with E-state index in [0.29, 0.717) is 18.5 Å². The van der Waals surface area contributed by atoms with Crippen molar-refractivity contribution in [2.75, 3.05) is 11.4 Å². The van der Waals surface area contributed by atoms with Crippen LogP contribution in [0.1, 0.15) is 28.6 Å². The number of fused-ring (bicyclic) bond motifs is 1. The van der Waals surface area contributed by atoms with E-state index in [1.54, 1.807) is 17.2 Å². The van der Waals surface area contributed by atoms with Gasteiger partial charge in [0.1, 0.15) is 5.76 Å². The lowest BCUT2D eigenvalue weighted by Gasteiger charge is -2.33. The molecule has 0 bridgehead atoms. The Bertz CT molecular complexity index is 633. The molecule has 0 radical (unpaired) electrons. The fourth-order valence-electron chi connectivity index (χ4n) is 2.77. The Morgan fingerprint density at radius 2 is 2.20 bits per heavy atom. The van der Waals surface area contributed by atoms with Gasteiger partial charge < -0.3 is 15.1 Å². The number of amides is 1. The maximum atomic E-state index is 12.8. The maximum absolute atomic E-state index is 12.8. The summed E-state index contributed by atoms with van der Waals surface area (Å²) in [5.74, 6) is 0.699. The number of furan rings is 1. The number of carbonyl (C=O) groups excluding carboxylic acids is 1. The standard InChI is InChI=1S/C16H18N2O2/c1-2-15-13(7-8-20-15)16(19)18-10-12(17)9-11-5-3-4-6-14(11)18/h3-8,12H,2,9-10,17H2,1H3. The van der Waals surface area contributed by atoms with Crippen LogP contribution in [0.3, 0.4) is 0 Å². The normalized spacial score (nSPS) is 17.9. The third-order valence-corrected chi connectivity index (χ3v) is 3.72. The van der Waals surface area contributed by atoms with E-state index in [1.807, 2.05) is 31.2 Å². The van der Waals surface area contributed by atoms with E-state index in [2.05, 4.69) is 0 Å². The van der Waals surface area contributed by atoms with Crippen molar-refractivity contribution >= 4 is 11.6 Å². The molecule has 2 N–H and O–H groups in total. The first kappa shape index (κ1) is 12.9. The molecular formula is C16H18N2O2. The Kier molecular flexibility index (Phi) is 3.32. The predicted molar refractivity (Wildman–Crippen MR) is 77.9 cm³/mol. The van der Waals surface area contributed by atoms with E-state index in [1.165, 1.54) is 0 Å². The van der Waals surface area contributed by atoms with Crippen molar-refractivity contribution in [1.82, 2.24) is 0 Å². The van der Waals surface area contributed by atoms with Gasteiger partial charge in [-0.3, -0.25) is 4.79 Å². The second-order valence-corrected chi connectivity index (χ2v) is 5.12. The third-order valence-electron chi connectivity index (χ3n) is 3.72. The number of nitrogens with two attached hydrogens (primary N) is 1. The van der Waals surface area contributed by atoms with Gasteiger partial charge in [0.05, 0.1) is 11.8 Å². The van der Waals surface area contributed by atoms with Crippen LogP contribution < -0.4 is 10.6 Å². The largest absolute Gasteiger partial charge is 0.469 e. The van der Waals surface area contributed by atoms with Crippen molar-refractivity contribution in [1.29, 1.82) is 0 Å². The molecule has 4 heteroatoms. The molecule has 2 aromatic rings. The molecule has 20 heavy (non-hydrogen) atoms. The zero-order valence-corrected chi connectivity index (χ0v) is 11.5. The number of benzene rings is 1. The molecule has 1 unspecified atom stereocenters.